The van der Waals surface area contributed by atoms with E-state index in [0.717, 1.165) is 25.7 Å². The Morgan fingerprint density at radius 2 is 2.24 bits per heavy atom. The Morgan fingerprint density at radius 3 is 2.94 bits per heavy atom. The highest BCUT2D eigenvalue weighted by Gasteiger charge is 2.37. The summed E-state index contributed by atoms with van der Waals surface area (Å²) >= 11 is 0. The first kappa shape index (κ1) is 12.2. The third-order valence-corrected chi connectivity index (χ3v) is 3.74. The number of nitrogens with zero attached hydrogens (tertiary/aromatic N) is 4. The zero-order chi connectivity index (χ0) is 12.3. The van der Waals surface area contributed by atoms with Crippen LogP contribution in [0.2, 0.25) is 0 Å². The SMILES string of the molecule is [N-]=[N+]=NCC1CC(=O)N([C@H]2CCCC[C@@H]2O)C1. The highest BCUT2D eigenvalue weighted by Crippen LogP contribution is 2.29. The average molecular weight is 238 g/mol. The lowest BCUT2D eigenvalue weighted by atomic mass is 9.91. The largest absolute Gasteiger partial charge is 0.391 e. The van der Waals surface area contributed by atoms with E-state index in [4.69, 9.17) is 5.53 Å². The molecule has 1 amide bonds. The van der Waals surface area contributed by atoms with E-state index in [0.29, 0.717) is 19.5 Å². The van der Waals surface area contributed by atoms with Gasteiger partial charge in [0, 0.05) is 24.4 Å². The van der Waals surface area contributed by atoms with Gasteiger partial charge < -0.3 is 10.0 Å². The molecular formula is C11H18N4O2. The second kappa shape index (κ2) is 5.38. The molecule has 6 heteroatoms. The third-order valence-electron chi connectivity index (χ3n) is 3.74. The summed E-state index contributed by atoms with van der Waals surface area (Å²) in [5.74, 6) is 0.210. The molecule has 1 aliphatic carbocycles. The summed E-state index contributed by atoms with van der Waals surface area (Å²) in [5.41, 5.74) is 8.27. The molecule has 94 valence electrons. The van der Waals surface area contributed by atoms with Crippen molar-refractivity contribution < 1.29 is 9.90 Å². The maximum Gasteiger partial charge on any atom is 0.223 e. The van der Waals surface area contributed by atoms with Crippen LogP contribution in [0, 0.1) is 5.92 Å². The van der Waals surface area contributed by atoms with E-state index < -0.39 is 0 Å². The van der Waals surface area contributed by atoms with E-state index in [-0.39, 0.29) is 24.0 Å². The smallest absolute Gasteiger partial charge is 0.223 e. The summed E-state index contributed by atoms with van der Waals surface area (Å²) in [6.45, 7) is 1.00. The van der Waals surface area contributed by atoms with Crippen LogP contribution in [0.1, 0.15) is 32.1 Å². The van der Waals surface area contributed by atoms with Crippen LogP contribution >= 0.6 is 0 Å². The van der Waals surface area contributed by atoms with Crippen molar-refractivity contribution in [3.63, 3.8) is 0 Å². The molecule has 3 atom stereocenters. The van der Waals surface area contributed by atoms with Crippen molar-refractivity contribution >= 4 is 5.91 Å². The predicted molar refractivity (Wildman–Crippen MR) is 62.1 cm³/mol. The molecule has 0 aromatic carbocycles. The minimum atomic E-state index is -0.383. The molecule has 1 N–H and O–H groups in total. The highest BCUT2D eigenvalue weighted by molar-refractivity contribution is 5.79. The van der Waals surface area contributed by atoms with Crippen LogP contribution in [0.15, 0.2) is 5.11 Å². The summed E-state index contributed by atoms with van der Waals surface area (Å²) in [6.07, 6.45) is 3.86. The van der Waals surface area contributed by atoms with Crippen LogP contribution in [-0.2, 0) is 4.79 Å². The molecule has 0 radical (unpaired) electrons. The normalized spacial score (nSPS) is 33.6. The number of likely N-dealkylation sites (tertiary alicyclic amines) is 1. The van der Waals surface area contributed by atoms with Crippen LogP contribution < -0.4 is 0 Å². The molecule has 0 aromatic rings. The maximum atomic E-state index is 11.9. The number of azide groups is 1. The Morgan fingerprint density at radius 1 is 1.47 bits per heavy atom. The van der Waals surface area contributed by atoms with Gasteiger partial charge in [0.25, 0.3) is 0 Å². The number of aliphatic hydroxyl groups excluding tert-OH is 1. The van der Waals surface area contributed by atoms with E-state index >= 15 is 0 Å². The van der Waals surface area contributed by atoms with Gasteiger partial charge in [-0.05, 0) is 24.3 Å². The van der Waals surface area contributed by atoms with Crippen molar-refractivity contribution in [3.8, 4) is 0 Å². The molecule has 2 rings (SSSR count). The van der Waals surface area contributed by atoms with Gasteiger partial charge in [0.1, 0.15) is 0 Å². The zero-order valence-corrected chi connectivity index (χ0v) is 9.83. The molecule has 2 fully saturated rings. The third kappa shape index (κ3) is 2.70. The second-order valence-corrected chi connectivity index (χ2v) is 4.95. The maximum absolute atomic E-state index is 11.9. The molecule has 0 aromatic heterocycles. The van der Waals surface area contributed by atoms with Gasteiger partial charge >= 0.3 is 0 Å². The van der Waals surface area contributed by atoms with Crippen molar-refractivity contribution in [2.75, 3.05) is 13.1 Å². The number of amides is 1. The van der Waals surface area contributed by atoms with Gasteiger partial charge in [-0.2, -0.15) is 0 Å². The van der Waals surface area contributed by atoms with Gasteiger partial charge in [0.2, 0.25) is 5.91 Å². The molecule has 2 aliphatic rings. The molecule has 1 aliphatic heterocycles. The number of hydrogen-bond donors (Lipinski definition) is 1. The highest BCUT2D eigenvalue weighted by atomic mass is 16.3. The quantitative estimate of drug-likeness (QED) is 0.458. The Labute approximate surface area is 100 Å². The molecular weight excluding hydrogens is 220 g/mol. The van der Waals surface area contributed by atoms with Crippen molar-refractivity contribution in [1.29, 1.82) is 0 Å². The van der Waals surface area contributed by atoms with Crippen molar-refractivity contribution in [1.82, 2.24) is 4.90 Å². The molecule has 1 saturated heterocycles. The Bertz CT molecular complexity index is 340. The first-order chi connectivity index (χ1) is 8.22. The van der Waals surface area contributed by atoms with Crippen LogP contribution in [0.3, 0.4) is 0 Å². The van der Waals surface area contributed by atoms with Crippen molar-refractivity contribution in [3.05, 3.63) is 10.4 Å². The number of carbonyl (C=O) groups excluding carboxylic acids is 1. The number of carbonyl (C=O) groups is 1. The molecule has 1 unspecified atom stereocenters. The number of hydrogen-bond acceptors (Lipinski definition) is 3. The van der Waals surface area contributed by atoms with Gasteiger partial charge in [-0.1, -0.05) is 18.0 Å². The van der Waals surface area contributed by atoms with Gasteiger partial charge in [0.15, 0.2) is 0 Å². The lowest BCUT2D eigenvalue weighted by molar-refractivity contribution is -0.133. The first-order valence-corrected chi connectivity index (χ1v) is 6.20. The lowest BCUT2D eigenvalue weighted by Gasteiger charge is -2.35. The lowest BCUT2D eigenvalue weighted by Crippen LogP contribution is -2.46. The van der Waals surface area contributed by atoms with E-state index in [9.17, 15) is 9.90 Å². The second-order valence-electron chi connectivity index (χ2n) is 4.95. The summed E-state index contributed by atoms with van der Waals surface area (Å²) < 4.78 is 0. The fraction of sp³-hybridized carbons (Fsp3) is 0.909. The van der Waals surface area contributed by atoms with Gasteiger partial charge in [0.05, 0.1) is 12.1 Å². The minimum Gasteiger partial charge on any atom is -0.391 e. The van der Waals surface area contributed by atoms with E-state index in [1.165, 1.54) is 0 Å². The number of rotatable bonds is 3. The van der Waals surface area contributed by atoms with Gasteiger partial charge in [-0.15, -0.1) is 0 Å². The van der Waals surface area contributed by atoms with E-state index in [1.54, 1.807) is 4.90 Å². The molecule has 1 saturated carbocycles. The summed E-state index contributed by atoms with van der Waals surface area (Å²) in [4.78, 5) is 16.4. The standard InChI is InChI=1S/C11H18N4O2/c12-14-13-6-8-5-11(17)15(7-8)9-3-1-2-4-10(9)16/h8-10,16H,1-7H2/t8?,9-,10-/m0/s1. The van der Waals surface area contributed by atoms with Crippen LogP contribution in [0.25, 0.3) is 10.4 Å². The number of aliphatic hydroxyl groups is 1. The summed E-state index contributed by atoms with van der Waals surface area (Å²) in [7, 11) is 0. The van der Waals surface area contributed by atoms with E-state index in [2.05, 4.69) is 10.0 Å². The summed E-state index contributed by atoms with van der Waals surface area (Å²) in [6, 6.07) is -0.0210. The van der Waals surface area contributed by atoms with Crippen molar-refractivity contribution in [2.24, 2.45) is 11.0 Å². The molecule has 0 spiro atoms. The topological polar surface area (TPSA) is 89.3 Å². The van der Waals surface area contributed by atoms with Gasteiger partial charge in [-0.25, -0.2) is 0 Å². The molecule has 1 heterocycles. The monoisotopic (exact) mass is 238 g/mol. The van der Waals surface area contributed by atoms with E-state index in [1.807, 2.05) is 0 Å². The minimum absolute atomic E-state index is 0.0210. The van der Waals surface area contributed by atoms with Crippen LogP contribution in [-0.4, -0.2) is 41.1 Å². The predicted octanol–water partition coefficient (Wildman–Crippen LogP) is 1.45. The Balaban J connectivity index is 1.96. The first-order valence-electron chi connectivity index (χ1n) is 6.20. The average Bonchev–Trinajstić information content (AvgIpc) is 2.68. The zero-order valence-electron chi connectivity index (χ0n) is 9.83. The van der Waals surface area contributed by atoms with Crippen LogP contribution in [0.4, 0.5) is 0 Å². The van der Waals surface area contributed by atoms with Crippen LogP contribution in [0.5, 0.6) is 0 Å². The molecule has 17 heavy (non-hydrogen) atoms. The Kier molecular flexibility index (Phi) is 3.86. The molecule has 0 bridgehead atoms. The van der Waals surface area contributed by atoms with Gasteiger partial charge in [-0.3, -0.25) is 4.79 Å². The Hall–Kier alpha value is -1.26. The van der Waals surface area contributed by atoms with Crippen molar-refractivity contribution in [2.45, 2.75) is 44.2 Å². The summed E-state index contributed by atoms with van der Waals surface area (Å²) in [5, 5.41) is 13.5. The fourth-order valence-electron chi connectivity index (χ4n) is 2.86. The fourth-order valence-corrected chi connectivity index (χ4v) is 2.86. The molecule has 6 nitrogen and oxygen atoms in total.